The van der Waals surface area contributed by atoms with Crippen LogP contribution in [0.5, 0.6) is 0 Å². The minimum atomic E-state index is -0.476. The van der Waals surface area contributed by atoms with Crippen molar-refractivity contribution in [3.63, 3.8) is 0 Å². The van der Waals surface area contributed by atoms with E-state index in [1.54, 1.807) is 18.2 Å². The Kier molecular flexibility index (Phi) is 6.54. The molecule has 7 heteroatoms. The first-order valence-electron chi connectivity index (χ1n) is 8.63. The van der Waals surface area contributed by atoms with Gasteiger partial charge in [-0.2, -0.15) is 0 Å². The minimum absolute atomic E-state index is 0.0776. The van der Waals surface area contributed by atoms with E-state index in [0.29, 0.717) is 10.7 Å². The summed E-state index contributed by atoms with van der Waals surface area (Å²) in [5, 5.41) is 5.04. The number of hydrogen-bond acceptors (Lipinski definition) is 5. The van der Waals surface area contributed by atoms with Gasteiger partial charge in [-0.25, -0.2) is 4.98 Å². The van der Waals surface area contributed by atoms with Crippen molar-refractivity contribution in [2.24, 2.45) is 0 Å². The fraction of sp³-hybridized carbons (Fsp3) is 0.190. The molecule has 144 valence electrons. The maximum atomic E-state index is 12.0. The first-order chi connectivity index (χ1) is 13.4. The Balaban J connectivity index is 1.50. The van der Waals surface area contributed by atoms with Gasteiger partial charge < -0.3 is 10.1 Å². The molecule has 3 rings (SSSR count). The number of para-hydroxylation sites is 1. The van der Waals surface area contributed by atoms with Crippen molar-refractivity contribution in [2.75, 3.05) is 17.7 Å². The second-order valence-electron chi connectivity index (χ2n) is 6.25. The molecule has 2 aromatic carbocycles. The molecule has 0 spiro atoms. The Labute approximate surface area is 172 Å². The van der Waals surface area contributed by atoms with Gasteiger partial charge in [0.15, 0.2) is 6.61 Å². The van der Waals surface area contributed by atoms with Crippen molar-refractivity contribution >= 4 is 51.8 Å². The van der Waals surface area contributed by atoms with Gasteiger partial charge >= 0.3 is 5.97 Å². The third-order valence-corrected chi connectivity index (χ3v) is 5.20. The summed E-state index contributed by atoms with van der Waals surface area (Å²) in [4.78, 5) is 28.5. The maximum absolute atomic E-state index is 12.0. The van der Waals surface area contributed by atoms with E-state index in [2.05, 4.69) is 10.3 Å². The molecule has 1 amide bonds. The molecule has 0 saturated heterocycles. The number of nitrogens with one attached hydrogen (secondary N) is 1. The lowest BCUT2D eigenvalue weighted by molar-refractivity contribution is -0.144. The quantitative estimate of drug-likeness (QED) is 0.464. The highest BCUT2D eigenvalue weighted by Gasteiger charge is 2.11. The lowest BCUT2D eigenvalue weighted by Gasteiger charge is -2.09. The van der Waals surface area contributed by atoms with E-state index in [4.69, 9.17) is 16.3 Å². The second kappa shape index (κ2) is 9.08. The number of fused-ring (bicyclic) bond motifs is 1. The van der Waals surface area contributed by atoms with Gasteiger partial charge in [-0.3, -0.25) is 9.59 Å². The number of benzene rings is 2. The molecule has 1 heterocycles. The molecule has 0 atom stereocenters. The monoisotopic (exact) mass is 414 g/mol. The largest absolute Gasteiger partial charge is 0.455 e. The molecule has 0 bridgehead atoms. The van der Waals surface area contributed by atoms with Crippen LogP contribution < -0.4 is 5.32 Å². The molecule has 0 aliphatic heterocycles. The zero-order valence-electron chi connectivity index (χ0n) is 15.5. The molecule has 3 aromatic rings. The molecule has 1 aromatic heterocycles. The van der Waals surface area contributed by atoms with Crippen LogP contribution in [-0.2, 0) is 14.3 Å². The van der Waals surface area contributed by atoms with E-state index in [1.807, 2.05) is 44.2 Å². The van der Waals surface area contributed by atoms with Gasteiger partial charge in [0.2, 0.25) is 0 Å². The van der Waals surface area contributed by atoms with Gasteiger partial charge in [-0.1, -0.05) is 47.6 Å². The Morgan fingerprint density at radius 2 is 1.89 bits per heavy atom. The lowest BCUT2D eigenvalue weighted by atomic mass is 10.1. The van der Waals surface area contributed by atoms with Gasteiger partial charge in [0.05, 0.1) is 16.3 Å². The molecule has 0 radical (unpaired) electrons. The average molecular weight is 415 g/mol. The number of carbonyl (C=O) groups is 2. The summed E-state index contributed by atoms with van der Waals surface area (Å²) in [6, 6.07) is 15.0. The first-order valence-corrected chi connectivity index (χ1v) is 9.99. The molecule has 0 unspecified atom stereocenters. The molecule has 1 N–H and O–H groups in total. The number of carbonyl (C=O) groups excluding carboxylic acids is 2. The molecule has 5 nitrogen and oxygen atoms in total. The third kappa shape index (κ3) is 5.24. The number of halogens is 1. The number of nitrogens with zero attached hydrogens (tertiary/aromatic N) is 1. The Bertz CT molecular complexity index is 1040. The molecule has 0 fully saturated rings. The van der Waals surface area contributed by atoms with E-state index in [9.17, 15) is 9.59 Å². The van der Waals surface area contributed by atoms with Gasteiger partial charge in [-0.15, -0.1) is 0 Å². The number of esters is 1. The van der Waals surface area contributed by atoms with Crippen molar-refractivity contribution in [2.45, 2.75) is 18.9 Å². The summed E-state index contributed by atoms with van der Waals surface area (Å²) in [5.41, 5.74) is 3.45. The topological polar surface area (TPSA) is 68.3 Å². The number of amides is 1. The maximum Gasteiger partial charge on any atom is 0.316 e. The van der Waals surface area contributed by atoms with Crippen LogP contribution in [0, 0.1) is 13.8 Å². The number of rotatable bonds is 6. The number of thioether (sulfide) groups is 1. The normalized spacial score (nSPS) is 10.7. The van der Waals surface area contributed by atoms with Gasteiger partial charge in [0, 0.05) is 16.1 Å². The smallest absolute Gasteiger partial charge is 0.316 e. The van der Waals surface area contributed by atoms with Gasteiger partial charge in [-0.05, 0) is 49.2 Å². The predicted octanol–water partition coefficient (Wildman–Crippen LogP) is 4.78. The van der Waals surface area contributed by atoms with Crippen LogP contribution >= 0.6 is 23.4 Å². The fourth-order valence-corrected chi connectivity index (χ4v) is 3.57. The highest BCUT2D eigenvalue weighted by molar-refractivity contribution is 7.99. The van der Waals surface area contributed by atoms with E-state index < -0.39 is 11.9 Å². The summed E-state index contributed by atoms with van der Waals surface area (Å²) >= 11 is 7.21. The summed E-state index contributed by atoms with van der Waals surface area (Å²) in [7, 11) is 0. The lowest BCUT2D eigenvalue weighted by Crippen LogP contribution is -2.22. The highest BCUT2D eigenvalue weighted by atomic mass is 35.5. The van der Waals surface area contributed by atoms with Crippen LogP contribution in [0.3, 0.4) is 0 Å². The van der Waals surface area contributed by atoms with Crippen molar-refractivity contribution in [3.05, 3.63) is 64.7 Å². The molecular formula is C21H19ClN2O3S. The summed E-state index contributed by atoms with van der Waals surface area (Å²) in [6.07, 6.45) is 0. The minimum Gasteiger partial charge on any atom is -0.455 e. The number of anilines is 1. The summed E-state index contributed by atoms with van der Waals surface area (Å²) in [6.45, 7) is 3.51. The van der Waals surface area contributed by atoms with Crippen LogP contribution in [-0.4, -0.2) is 29.2 Å². The van der Waals surface area contributed by atoms with E-state index in [1.165, 1.54) is 11.8 Å². The third-order valence-electron chi connectivity index (χ3n) is 4.08. The van der Waals surface area contributed by atoms with Crippen LogP contribution in [0.2, 0.25) is 5.02 Å². The molecular weight excluding hydrogens is 396 g/mol. The van der Waals surface area contributed by atoms with Gasteiger partial charge in [0.1, 0.15) is 0 Å². The van der Waals surface area contributed by atoms with Crippen LogP contribution in [0.4, 0.5) is 5.69 Å². The SMILES string of the molecule is Cc1ccc(Cl)cc1NC(=O)COC(=O)CSc1cc(C)c2ccccc2n1. The zero-order chi connectivity index (χ0) is 20.1. The van der Waals surface area contributed by atoms with Crippen molar-refractivity contribution in [3.8, 4) is 0 Å². The van der Waals surface area contributed by atoms with E-state index >= 15 is 0 Å². The van der Waals surface area contributed by atoms with Crippen LogP contribution in [0.25, 0.3) is 10.9 Å². The summed E-state index contributed by atoms with van der Waals surface area (Å²) < 4.78 is 5.05. The van der Waals surface area contributed by atoms with E-state index in [0.717, 1.165) is 27.1 Å². The molecule has 0 aliphatic rings. The van der Waals surface area contributed by atoms with Crippen molar-refractivity contribution < 1.29 is 14.3 Å². The van der Waals surface area contributed by atoms with Crippen LogP contribution in [0.15, 0.2) is 53.6 Å². The summed E-state index contributed by atoms with van der Waals surface area (Å²) in [5.74, 6) is -0.812. The Hall–Kier alpha value is -2.57. The number of ether oxygens (including phenoxy) is 1. The predicted molar refractivity (Wildman–Crippen MR) is 113 cm³/mol. The first kappa shape index (κ1) is 20.2. The number of hydrogen-bond donors (Lipinski definition) is 1. The van der Waals surface area contributed by atoms with Crippen molar-refractivity contribution in [1.29, 1.82) is 0 Å². The molecule has 28 heavy (non-hydrogen) atoms. The zero-order valence-corrected chi connectivity index (χ0v) is 17.1. The number of pyridine rings is 1. The van der Waals surface area contributed by atoms with Gasteiger partial charge in [0.25, 0.3) is 5.91 Å². The highest BCUT2D eigenvalue weighted by Crippen LogP contribution is 2.23. The fourth-order valence-electron chi connectivity index (χ4n) is 2.63. The van der Waals surface area contributed by atoms with Crippen LogP contribution in [0.1, 0.15) is 11.1 Å². The Morgan fingerprint density at radius 1 is 1.11 bits per heavy atom. The standard InChI is InChI=1S/C21H19ClN2O3S/c1-13-7-8-15(22)10-18(13)23-19(25)11-27-21(26)12-28-20-9-14(2)16-5-3-4-6-17(16)24-20/h3-10H,11-12H2,1-2H3,(H,23,25). The van der Waals surface area contributed by atoms with Crippen molar-refractivity contribution in [1.82, 2.24) is 4.98 Å². The van der Waals surface area contributed by atoms with E-state index in [-0.39, 0.29) is 12.4 Å². The number of aromatic nitrogens is 1. The Morgan fingerprint density at radius 3 is 2.71 bits per heavy atom. The molecule has 0 aliphatic carbocycles. The number of aryl methyl sites for hydroxylation is 2. The second-order valence-corrected chi connectivity index (χ2v) is 7.68. The molecule has 0 saturated carbocycles. The average Bonchev–Trinajstić information content (AvgIpc) is 2.67.